The number of hydrogen-bond donors (Lipinski definition) is 2. The Bertz CT molecular complexity index is 499. The number of carbonyl (C=O) groups excluding carboxylic acids is 1. The van der Waals surface area contributed by atoms with Crippen molar-refractivity contribution in [1.82, 2.24) is 5.32 Å². The first-order chi connectivity index (χ1) is 10.2. The normalized spacial score (nSPS) is 25.4. The van der Waals surface area contributed by atoms with Crippen molar-refractivity contribution in [1.29, 1.82) is 0 Å². The van der Waals surface area contributed by atoms with Gasteiger partial charge in [-0.1, -0.05) is 18.2 Å². The first-order valence-electron chi connectivity index (χ1n) is 8.00. The minimum Gasteiger partial charge on any atom is -0.490 e. The average Bonchev–Trinajstić information content (AvgIpc) is 2.88. The molecule has 21 heavy (non-hydrogen) atoms. The van der Waals surface area contributed by atoms with Crippen LogP contribution in [0.2, 0.25) is 0 Å². The zero-order valence-corrected chi connectivity index (χ0v) is 12.4. The van der Waals surface area contributed by atoms with E-state index in [1.54, 1.807) is 0 Å². The molecule has 2 fully saturated rings. The topological polar surface area (TPSA) is 64.4 Å². The summed E-state index contributed by atoms with van der Waals surface area (Å²) in [5.74, 6) is 1.12. The largest absolute Gasteiger partial charge is 0.490 e. The lowest BCUT2D eigenvalue weighted by Gasteiger charge is -2.27. The van der Waals surface area contributed by atoms with Crippen molar-refractivity contribution in [3.05, 3.63) is 29.8 Å². The van der Waals surface area contributed by atoms with E-state index in [4.69, 9.17) is 10.5 Å². The summed E-state index contributed by atoms with van der Waals surface area (Å²) >= 11 is 0. The SMILES string of the molecule is NC1CCC(C(=O)NCc2ccccc2OC2CCC2)C1. The molecule has 3 N–H and O–H groups in total. The van der Waals surface area contributed by atoms with E-state index < -0.39 is 0 Å². The second kappa shape index (κ2) is 6.48. The first kappa shape index (κ1) is 14.4. The Kier molecular flexibility index (Phi) is 4.44. The molecule has 3 rings (SSSR count). The summed E-state index contributed by atoms with van der Waals surface area (Å²) in [6.45, 7) is 0.535. The maximum Gasteiger partial charge on any atom is 0.223 e. The highest BCUT2D eigenvalue weighted by Gasteiger charge is 2.27. The standard InChI is InChI=1S/C17H24N2O2/c18-14-9-8-12(10-14)17(20)19-11-13-4-1-2-7-16(13)21-15-5-3-6-15/h1-2,4,7,12,14-15H,3,5-6,8-11,18H2,(H,19,20). The van der Waals surface area contributed by atoms with Gasteiger partial charge in [0.25, 0.3) is 0 Å². The molecule has 0 radical (unpaired) electrons. The third-order valence-electron chi connectivity index (χ3n) is 4.62. The summed E-state index contributed by atoms with van der Waals surface area (Å²) < 4.78 is 5.98. The van der Waals surface area contributed by atoms with Crippen LogP contribution in [-0.2, 0) is 11.3 Å². The van der Waals surface area contributed by atoms with Crippen LogP contribution in [0.1, 0.15) is 44.1 Å². The van der Waals surface area contributed by atoms with E-state index in [1.807, 2.05) is 24.3 Å². The van der Waals surface area contributed by atoms with Crippen molar-refractivity contribution in [2.45, 2.75) is 57.2 Å². The molecule has 2 aliphatic carbocycles. The Labute approximate surface area is 126 Å². The predicted octanol–water partition coefficient (Wildman–Crippen LogP) is 2.36. The molecule has 1 aromatic carbocycles. The third-order valence-corrected chi connectivity index (χ3v) is 4.62. The molecular formula is C17H24N2O2. The van der Waals surface area contributed by atoms with Crippen LogP contribution in [0.15, 0.2) is 24.3 Å². The minimum atomic E-state index is 0.0831. The van der Waals surface area contributed by atoms with Gasteiger partial charge in [0.1, 0.15) is 5.75 Å². The molecule has 0 aromatic heterocycles. The van der Waals surface area contributed by atoms with Gasteiger partial charge in [0.2, 0.25) is 5.91 Å². The van der Waals surface area contributed by atoms with Crippen molar-refractivity contribution in [2.24, 2.45) is 11.7 Å². The predicted molar refractivity (Wildman–Crippen MR) is 81.9 cm³/mol. The van der Waals surface area contributed by atoms with Gasteiger partial charge in [-0.05, 0) is 44.6 Å². The van der Waals surface area contributed by atoms with Crippen molar-refractivity contribution in [2.75, 3.05) is 0 Å². The summed E-state index contributed by atoms with van der Waals surface area (Å²) in [4.78, 5) is 12.2. The van der Waals surface area contributed by atoms with Crippen LogP contribution in [-0.4, -0.2) is 18.1 Å². The molecule has 2 saturated carbocycles. The highest BCUT2D eigenvalue weighted by Crippen LogP contribution is 2.28. The van der Waals surface area contributed by atoms with Gasteiger partial charge in [-0.25, -0.2) is 0 Å². The van der Waals surface area contributed by atoms with Gasteiger partial charge in [-0.15, -0.1) is 0 Å². The van der Waals surface area contributed by atoms with Crippen LogP contribution in [0.5, 0.6) is 5.75 Å². The van der Waals surface area contributed by atoms with E-state index in [1.165, 1.54) is 6.42 Å². The van der Waals surface area contributed by atoms with E-state index in [0.29, 0.717) is 12.6 Å². The zero-order chi connectivity index (χ0) is 14.7. The fourth-order valence-corrected chi connectivity index (χ4v) is 3.01. The Morgan fingerprint density at radius 1 is 1.24 bits per heavy atom. The Morgan fingerprint density at radius 2 is 2.05 bits per heavy atom. The number of nitrogens with two attached hydrogens (primary N) is 1. The van der Waals surface area contributed by atoms with Crippen LogP contribution in [0, 0.1) is 5.92 Å². The molecule has 0 spiro atoms. The zero-order valence-electron chi connectivity index (χ0n) is 12.4. The maximum atomic E-state index is 12.2. The van der Waals surface area contributed by atoms with E-state index in [9.17, 15) is 4.79 Å². The number of nitrogens with one attached hydrogen (secondary N) is 1. The Morgan fingerprint density at radius 3 is 2.71 bits per heavy atom. The van der Waals surface area contributed by atoms with Crippen molar-refractivity contribution in [3.8, 4) is 5.75 Å². The molecule has 2 aliphatic rings. The monoisotopic (exact) mass is 288 g/mol. The second-order valence-corrected chi connectivity index (χ2v) is 6.27. The lowest BCUT2D eigenvalue weighted by atomic mass is 9.96. The lowest BCUT2D eigenvalue weighted by molar-refractivity contribution is -0.125. The number of hydrogen-bond acceptors (Lipinski definition) is 3. The number of amides is 1. The summed E-state index contributed by atoms with van der Waals surface area (Å²) in [5.41, 5.74) is 6.93. The molecule has 0 aliphatic heterocycles. The van der Waals surface area contributed by atoms with E-state index in [2.05, 4.69) is 5.32 Å². The lowest BCUT2D eigenvalue weighted by Crippen LogP contribution is -2.30. The average molecular weight is 288 g/mol. The fraction of sp³-hybridized carbons (Fsp3) is 0.588. The Hall–Kier alpha value is -1.55. The van der Waals surface area contributed by atoms with Crippen LogP contribution < -0.4 is 15.8 Å². The van der Waals surface area contributed by atoms with Gasteiger partial charge in [0, 0.05) is 24.1 Å². The number of para-hydroxylation sites is 1. The Balaban J connectivity index is 1.55. The molecule has 2 atom stereocenters. The number of rotatable bonds is 5. The number of ether oxygens (including phenoxy) is 1. The van der Waals surface area contributed by atoms with Crippen LogP contribution >= 0.6 is 0 Å². The second-order valence-electron chi connectivity index (χ2n) is 6.27. The molecule has 1 amide bonds. The summed E-state index contributed by atoms with van der Waals surface area (Å²) in [5, 5.41) is 3.04. The van der Waals surface area contributed by atoms with E-state index >= 15 is 0 Å². The van der Waals surface area contributed by atoms with Crippen molar-refractivity contribution >= 4 is 5.91 Å². The third kappa shape index (κ3) is 3.56. The number of carbonyl (C=O) groups is 1. The molecule has 1 aromatic rings. The summed E-state index contributed by atoms with van der Waals surface area (Å²) in [7, 11) is 0. The van der Waals surface area contributed by atoms with Gasteiger partial charge in [-0.2, -0.15) is 0 Å². The number of benzene rings is 1. The fourth-order valence-electron chi connectivity index (χ4n) is 3.01. The van der Waals surface area contributed by atoms with Crippen molar-refractivity contribution in [3.63, 3.8) is 0 Å². The smallest absolute Gasteiger partial charge is 0.223 e. The maximum absolute atomic E-state index is 12.2. The molecule has 114 valence electrons. The van der Waals surface area contributed by atoms with Gasteiger partial charge >= 0.3 is 0 Å². The highest BCUT2D eigenvalue weighted by molar-refractivity contribution is 5.79. The molecular weight excluding hydrogens is 264 g/mol. The van der Waals surface area contributed by atoms with Gasteiger partial charge in [-0.3, -0.25) is 4.79 Å². The molecule has 0 bridgehead atoms. The highest BCUT2D eigenvalue weighted by atomic mass is 16.5. The van der Waals surface area contributed by atoms with Gasteiger partial charge in [0.15, 0.2) is 0 Å². The van der Waals surface area contributed by atoms with Crippen LogP contribution in [0.4, 0.5) is 0 Å². The summed E-state index contributed by atoms with van der Waals surface area (Å²) in [6.07, 6.45) is 6.57. The molecule has 0 saturated heterocycles. The molecule has 2 unspecified atom stereocenters. The minimum absolute atomic E-state index is 0.0831. The van der Waals surface area contributed by atoms with Gasteiger partial charge in [0.05, 0.1) is 6.10 Å². The van der Waals surface area contributed by atoms with Crippen LogP contribution in [0.3, 0.4) is 0 Å². The molecule has 4 heteroatoms. The molecule has 0 heterocycles. The molecule has 4 nitrogen and oxygen atoms in total. The van der Waals surface area contributed by atoms with E-state index in [0.717, 1.165) is 43.4 Å². The van der Waals surface area contributed by atoms with Crippen molar-refractivity contribution < 1.29 is 9.53 Å². The van der Waals surface area contributed by atoms with Gasteiger partial charge < -0.3 is 15.8 Å². The van der Waals surface area contributed by atoms with E-state index in [-0.39, 0.29) is 17.9 Å². The quantitative estimate of drug-likeness (QED) is 0.874. The first-order valence-corrected chi connectivity index (χ1v) is 8.00. The van der Waals surface area contributed by atoms with Crippen LogP contribution in [0.25, 0.3) is 0 Å². The summed E-state index contributed by atoms with van der Waals surface area (Å²) in [6, 6.07) is 8.17.